The van der Waals surface area contributed by atoms with Crippen LogP contribution in [0.1, 0.15) is 45.6 Å². The van der Waals surface area contributed by atoms with Crippen LogP contribution in [0.3, 0.4) is 0 Å². The fraction of sp³-hybridized carbons (Fsp3) is 0.533. The molecule has 3 N–H and O–H groups in total. The minimum absolute atomic E-state index is 0.0804. The van der Waals surface area contributed by atoms with Gasteiger partial charge < -0.3 is 15.7 Å². The predicted molar refractivity (Wildman–Crippen MR) is 78.5 cm³/mol. The van der Waals surface area contributed by atoms with Crippen molar-refractivity contribution in [3.8, 4) is 0 Å². The average Bonchev–Trinajstić information content (AvgIpc) is 2.38. The van der Waals surface area contributed by atoms with Crippen LogP contribution in [0.5, 0.6) is 0 Å². The molecule has 1 aromatic carbocycles. The Morgan fingerprint density at radius 2 is 2.11 bits per heavy atom. The van der Waals surface area contributed by atoms with Gasteiger partial charge in [0.25, 0.3) is 0 Å². The summed E-state index contributed by atoms with van der Waals surface area (Å²) >= 11 is 0. The lowest BCUT2D eigenvalue weighted by molar-refractivity contribution is 0.172. The van der Waals surface area contributed by atoms with Crippen LogP contribution in [0.4, 0.5) is 10.5 Å². The molecule has 0 aliphatic heterocycles. The van der Waals surface area contributed by atoms with Crippen molar-refractivity contribution in [1.29, 1.82) is 0 Å². The summed E-state index contributed by atoms with van der Waals surface area (Å²) in [6.07, 6.45) is 0.670. The molecule has 0 saturated heterocycles. The second-order valence-electron chi connectivity index (χ2n) is 5.43. The number of aliphatic hydroxyl groups excluding tert-OH is 1. The van der Waals surface area contributed by atoms with E-state index in [1.54, 1.807) is 0 Å². The van der Waals surface area contributed by atoms with E-state index in [-0.39, 0.29) is 12.6 Å². The van der Waals surface area contributed by atoms with Crippen molar-refractivity contribution < 1.29 is 9.90 Å². The number of urea groups is 1. The number of aliphatic hydroxyl groups is 1. The average molecular weight is 264 g/mol. The number of anilines is 1. The molecular weight excluding hydrogens is 240 g/mol. The first-order valence-electron chi connectivity index (χ1n) is 6.70. The third kappa shape index (κ3) is 4.56. The Kier molecular flexibility index (Phi) is 5.36. The third-order valence-corrected chi connectivity index (χ3v) is 3.36. The van der Waals surface area contributed by atoms with Crippen LogP contribution in [0, 0.1) is 0 Å². The van der Waals surface area contributed by atoms with Gasteiger partial charge in [0.15, 0.2) is 0 Å². The molecule has 106 valence electrons. The van der Waals surface area contributed by atoms with Gasteiger partial charge in [-0.25, -0.2) is 4.79 Å². The summed E-state index contributed by atoms with van der Waals surface area (Å²) < 4.78 is 0. The highest BCUT2D eigenvalue weighted by Crippen LogP contribution is 2.18. The first-order valence-corrected chi connectivity index (χ1v) is 6.70. The van der Waals surface area contributed by atoms with Gasteiger partial charge in [-0.1, -0.05) is 32.9 Å². The highest BCUT2D eigenvalue weighted by atomic mass is 16.3. The zero-order chi connectivity index (χ0) is 14.5. The van der Waals surface area contributed by atoms with Gasteiger partial charge in [-0.2, -0.15) is 0 Å². The van der Waals surface area contributed by atoms with E-state index in [0.717, 1.165) is 5.69 Å². The summed E-state index contributed by atoms with van der Waals surface area (Å²) in [5.74, 6) is 0.420. The van der Waals surface area contributed by atoms with Crippen LogP contribution in [-0.4, -0.2) is 23.3 Å². The van der Waals surface area contributed by atoms with Crippen LogP contribution in [-0.2, 0) is 0 Å². The number of amides is 2. The predicted octanol–water partition coefficient (Wildman–Crippen LogP) is 3.09. The fourth-order valence-corrected chi connectivity index (χ4v) is 1.65. The molecular formula is C15H24N2O2. The Hall–Kier alpha value is -1.55. The Balaban J connectivity index is 2.69. The Bertz CT molecular complexity index is 426. The lowest BCUT2D eigenvalue weighted by Gasteiger charge is -2.27. The van der Waals surface area contributed by atoms with E-state index in [4.69, 9.17) is 0 Å². The quantitative estimate of drug-likeness (QED) is 0.765. The molecule has 1 atom stereocenters. The first kappa shape index (κ1) is 15.5. The van der Waals surface area contributed by atoms with E-state index in [0.29, 0.717) is 12.3 Å². The van der Waals surface area contributed by atoms with Crippen LogP contribution in [0.15, 0.2) is 24.3 Å². The monoisotopic (exact) mass is 264 g/mol. The standard InChI is InChI=1S/C15H24N2O2/c1-5-15(4,10-18)17-14(19)16-13-8-6-7-12(9-13)11(2)3/h6-9,11,18H,5,10H2,1-4H3,(H2,16,17,19). The summed E-state index contributed by atoms with van der Waals surface area (Å²) in [6, 6.07) is 7.49. The third-order valence-electron chi connectivity index (χ3n) is 3.36. The molecule has 0 aliphatic rings. The molecule has 0 bridgehead atoms. The second kappa shape index (κ2) is 6.57. The van der Waals surface area contributed by atoms with Gasteiger partial charge in [0.2, 0.25) is 0 Å². The van der Waals surface area contributed by atoms with E-state index in [1.165, 1.54) is 5.56 Å². The molecule has 1 unspecified atom stereocenters. The maximum Gasteiger partial charge on any atom is 0.319 e. The molecule has 1 rings (SSSR count). The van der Waals surface area contributed by atoms with Crippen LogP contribution in [0.25, 0.3) is 0 Å². The lowest BCUT2D eigenvalue weighted by Crippen LogP contribution is -2.50. The van der Waals surface area contributed by atoms with Gasteiger partial charge >= 0.3 is 6.03 Å². The molecule has 0 heterocycles. The Morgan fingerprint density at radius 1 is 1.42 bits per heavy atom. The molecule has 0 aromatic heterocycles. The largest absolute Gasteiger partial charge is 0.394 e. The minimum atomic E-state index is -0.584. The normalized spacial score (nSPS) is 14.0. The van der Waals surface area contributed by atoms with Crippen LogP contribution < -0.4 is 10.6 Å². The zero-order valence-electron chi connectivity index (χ0n) is 12.2. The van der Waals surface area contributed by atoms with E-state index >= 15 is 0 Å². The van der Waals surface area contributed by atoms with Gasteiger partial charge in [0, 0.05) is 5.69 Å². The van der Waals surface area contributed by atoms with Crippen molar-refractivity contribution >= 4 is 11.7 Å². The van der Waals surface area contributed by atoms with Gasteiger partial charge in [-0.3, -0.25) is 0 Å². The van der Waals surface area contributed by atoms with Gasteiger partial charge in [0.1, 0.15) is 0 Å². The van der Waals surface area contributed by atoms with Crippen LogP contribution in [0.2, 0.25) is 0 Å². The van der Waals surface area contributed by atoms with Crippen molar-refractivity contribution in [2.75, 3.05) is 11.9 Å². The van der Waals surface area contributed by atoms with Crippen molar-refractivity contribution in [3.05, 3.63) is 29.8 Å². The maximum atomic E-state index is 11.9. The number of nitrogens with one attached hydrogen (secondary N) is 2. The summed E-state index contributed by atoms with van der Waals surface area (Å²) in [4.78, 5) is 11.9. The molecule has 19 heavy (non-hydrogen) atoms. The van der Waals surface area contributed by atoms with Gasteiger partial charge in [-0.15, -0.1) is 0 Å². The lowest BCUT2D eigenvalue weighted by atomic mass is 10.0. The van der Waals surface area contributed by atoms with Crippen molar-refractivity contribution in [2.24, 2.45) is 0 Å². The number of benzene rings is 1. The van der Waals surface area contributed by atoms with E-state index in [9.17, 15) is 9.90 Å². The fourth-order valence-electron chi connectivity index (χ4n) is 1.65. The smallest absolute Gasteiger partial charge is 0.319 e. The first-order chi connectivity index (χ1) is 8.90. The Labute approximate surface area is 115 Å². The van der Waals surface area contributed by atoms with Gasteiger partial charge in [0.05, 0.1) is 12.1 Å². The summed E-state index contributed by atoms with van der Waals surface area (Å²) in [5, 5.41) is 14.9. The second-order valence-corrected chi connectivity index (χ2v) is 5.43. The molecule has 0 fully saturated rings. The molecule has 0 spiro atoms. The maximum absolute atomic E-state index is 11.9. The summed E-state index contributed by atoms with van der Waals surface area (Å²) in [6.45, 7) is 7.88. The number of hydrogen-bond acceptors (Lipinski definition) is 2. The minimum Gasteiger partial charge on any atom is -0.394 e. The molecule has 0 radical (unpaired) electrons. The van der Waals surface area contributed by atoms with Gasteiger partial charge in [-0.05, 0) is 37.0 Å². The number of carbonyl (C=O) groups is 1. The number of rotatable bonds is 5. The summed E-state index contributed by atoms with van der Waals surface area (Å²) in [7, 11) is 0. The van der Waals surface area contributed by atoms with Crippen LogP contribution >= 0.6 is 0 Å². The van der Waals surface area contributed by atoms with Crippen molar-refractivity contribution in [1.82, 2.24) is 5.32 Å². The highest BCUT2D eigenvalue weighted by molar-refractivity contribution is 5.89. The number of carbonyl (C=O) groups excluding carboxylic acids is 1. The Morgan fingerprint density at radius 3 is 2.63 bits per heavy atom. The molecule has 1 aromatic rings. The van der Waals surface area contributed by atoms with E-state index in [2.05, 4.69) is 24.5 Å². The molecule has 2 amide bonds. The van der Waals surface area contributed by atoms with E-state index in [1.807, 2.05) is 38.1 Å². The van der Waals surface area contributed by atoms with E-state index < -0.39 is 5.54 Å². The zero-order valence-corrected chi connectivity index (χ0v) is 12.2. The molecule has 4 heteroatoms. The SMILES string of the molecule is CCC(C)(CO)NC(=O)Nc1cccc(C(C)C)c1. The van der Waals surface area contributed by atoms with Crippen molar-refractivity contribution in [2.45, 2.75) is 45.6 Å². The topological polar surface area (TPSA) is 61.4 Å². The highest BCUT2D eigenvalue weighted by Gasteiger charge is 2.23. The van der Waals surface area contributed by atoms with Crippen molar-refractivity contribution in [3.63, 3.8) is 0 Å². The molecule has 0 saturated carbocycles. The molecule has 4 nitrogen and oxygen atoms in total. The summed E-state index contributed by atoms with van der Waals surface area (Å²) in [5.41, 5.74) is 1.36. The molecule has 0 aliphatic carbocycles. The number of hydrogen-bond donors (Lipinski definition) is 3.